The van der Waals surface area contributed by atoms with Crippen LogP contribution in [-0.4, -0.2) is 9.13 Å². The van der Waals surface area contributed by atoms with Gasteiger partial charge in [-0.25, -0.2) is 4.79 Å². The standard InChI is InChI=1S/C37H22N2O2/c40-37-30-22-21-28-27-11-3-7-15-33(27)39(36(28)35(30)29-12-4-8-16-34(29)41-37)24-19-17-23(18-20-24)38-31-13-5-1-9-25(31)26-10-2-6-14-32(26)38/h1-22H. The van der Waals surface area contributed by atoms with Gasteiger partial charge in [0.1, 0.15) is 5.58 Å². The van der Waals surface area contributed by atoms with Gasteiger partial charge in [-0.2, -0.15) is 0 Å². The zero-order valence-electron chi connectivity index (χ0n) is 21.9. The van der Waals surface area contributed by atoms with Crippen molar-refractivity contribution in [3.63, 3.8) is 0 Å². The number of aromatic nitrogens is 2. The van der Waals surface area contributed by atoms with E-state index in [4.69, 9.17) is 4.42 Å². The molecule has 3 aromatic heterocycles. The maximum Gasteiger partial charge on any atom is 0.344 e. The predicted molar refractivity (Wildman–Crippen MR) is 169 cm³/mol. The third kappa shape index (κ3) is 3.02. The monoisotopic (exact) mass is 526 g/mol. The van der Waals surface area contributed by atoms with Gasteiger partial charge >= 0.3 is 5.63 Å². The summed E-state index contributed by atoms with van der Waals surface area (Å²) >= 11 is 0. The third-order valence-corrected chi connectivity index (χ3v) is 8.36. The lowest BCUT2D eigenvalue weighted by molar-refractivity contribution is 0.570. The van der Waals surface area contributed by atoms with Crippen LogP contribution in [0.5, 0.6) is 0 Å². The third-order valence-electron chi connectivity index (χ3n) is 8.36. The van der Waals surface area contributed by atoms with Crippen LogP contribution in [0.15, 0.2) is 143 Å². The minimum absolute atomic E-state index is 0.320. The average Bonchev–Trinajstić information content (AvgIpc) is 3.54. The summed E-state index contributed by atoms with van der Waals surface area (Å²) in [5.41, 5.74) is 6.88. The molecule has 0 aliphatic heterocycles. The zero-order chi connectivity index (χ0) is 27.1. The molecule has 0 saturated carbocycles. The van der Waals surface area contributed by atoms with Crippen molar-refractivity contribution in [1.82, 2.24) is 9.13 Å². The molecule has 192 valence electrons. The second kappa shape index (κ2) is 8.20. The highest BCUT2D eigenvalue weighted by atomic mass is 16.4. The molecular formula is C37H22N2O2. The van der Waals surface area contributed by atoms with Crippen molar-refractivity contribution >= 4 is 65.4 Å². The molecule has 0 aliphatic carbocycles. The summed E-state index contributed by atoms with van der Waals surface area (Å²) in [7, 11) is 0. The Kier molecular flexibility index (Phi) is 4.44. The first-order chi connectivity index (χ1) is 20.3. The van der Waals surface area contributed by atoms with Crippen molar-refractivity contribution in [3.8, 4) is 11.4 Å². The molecule has 0 N–H and O–H groups in total. The molecule has 4 heteroatoms. The van der Waals surface area contributed by atoms with Gasteiger partial charge in [0.05, 0.1) is 27.5 Å². The van der Waals surface area contributed by atoms with Gasteiger partial charge in [0.15, 0.2) is 0 Å². The Morgan fingerprint density at radius 3 is 1.51 bits per heavy atom. The molecule has 0 spiro atoms. The molecular weight excluding hydrogens is 504 g/mol. The number of nitrogens with zero attached hydrogens (tertiary/aromatic N) is 2. The van der Waals surface area contributed by atoms with Gasteiger partial charge < -0.3 is 13.6 Å². The van der Waals surface area contributed by atoms with Crippen LogP contribution < -0.4 is 5.63 Å². The summed E-state index contributed by atoms with van der Waals surface area (Å²) in [5.74, 6) is 0. The van der Waals surface area contributed by atoms with Crippen LogP contribution in [0, 0.1) is 0 Å². The van der Waals surface area contributed by atoms with E-state index in [1.54, 1.807) is 0 Å². The Bertz CT molecular complexity index is 2490. The molecule has 6 aromatic carbocycles. The first-order valence-electron chi connectivity index (χ1n) is 13.7. The molecule has 0 saturated heterocycles. The molecule has 0 aliphatic rings. The fourth-order valence-electron chi connectivity index (χ4n) is 6.64. The molecule has 0 radical (unpaired) electrons. The predicted octanol–water partition coefficient (Wildman–Crippen LogP) is 9.14. The van der Waals surface area contributed by atoms with E-state index in [9.17, 15) is 4.79 Å². The summed E-state index contributed by atoms with van der Waals surface area (Å²) in [6.07, 6.45) is 0. The van der Waals surface area contributed by atoms with Crippen molar-refractivity contribution in [2.24, 2.45) is 0 Å². The Hall–Kier alpha value is -5.61. The summed E-state index contributed by atoms with van der Waals surface area (Å²) < 4.78 is 10.3. The lowest BCUT2D eigenvalue weighted by atomic mass is 10.0. The van der Waals surface area contributed by atoms with E-state index in [0.717, 1.165) is 44.0 Å². The SMILES string of the molecule is O=c1oc2ccccc2c2c1ccc1c3ccccc3n(-c3ccc(-n4c5ccccc5c5ccccc54)cc3)c12. The second-order valence-electron chi connectivity index (χ2n) is 10.5. The van der Waals surface area contributed by atoms with Crippen LogP contribution in [-0.2, 0) is 0 Å². The number of para-hydroxylation sites is 4. The van der Waals surface area contributed by atoms with E-state index in [1.807, 2.05) is 30.3 Å². The van der Waals surface area contributed by atoms with Crippen LogP contribution in [0.4, 0.5) is 0 Å². The van der Waals surface area contributed by atoms with Gasteiger partial charge in [-0.05, 0) is 54.6 Å². The fourth-order valence-corrected chi connectivity index (χ4v) is 6.64. The molecule has 9 aromatic rings. The lowest BCUT2D eigenvalue weighted by Crippen LogP contribution is -2.02. The number of hydrogen-bond acceptors (Lipinski definition) is 2. The summed E-state index contributed by atoms with van der Waals surface area (Å²) in [6.45, 7) is 0. The van der Waals surface area contributed by atoms with Crippen LogP contribution >= 0.6 is 0 Å². The quantitative estimate of drug-likeness (QED) is 0.166. The van der Waals surface area contributed by atoms with Gasteiger partial charge in [0.25, 0.3) is 0 Å². The van der Waals surface area contributed by atoms with E-state index >= 15 is 0 Å². The first-order valence-corrected chi connectivity index (χ1v) is 13.7. The van der Waals surface area contributed by atoms with Gasteiger partial charge in [0, 0.05) is 43.7 Å². The molecule has 0 amide bonds. The van der Waals surface area contributed by atoms with E-state index in [0.29, 0.717) is 11.0 Å². The number of hydrogen-bond donors (Lipinski definition) is 0. The van der Waals surface area contributed by atoms with Crippen molar-refractivity contribution in [2.45, 2.75) is 0 Å². The van der Waals surface area contributed by atoms with Crippen LogP contribution in [0.3, 0.4) is 0 Å². The highest BCUT2D eigenvalue weighted by Gasteiger charge is 2.19. The Morgan fingerprint density at radius 2 is 0.878 bits per heavy atom. The van der Waals surface area contributed by atoms with Crippen LogP contribution in [0.25, 0.3) is 76.7 Å². The van der Waals surface area contributed by atoms with Gasteiger partial charge in [0.2, 0.25) is 0 Å². The van der Waals surface area contributed by atoms with E-state index in [-0.39, 0.29) is 5.63 Å². The maximum absolute atomic E-state index is 13.1. The molecule has 0 atom stereocenters. The number of fused-ring (bicyclic) bond motifs is 10. The minimum Gasteiger partial charge on any atom is -0.422 e. The largest absolute Gasteiger partial charge is 0.422 e. The molecule has 41 heavy (non-hydrogen) atoms. The average molecular weight is 527 g/mol. The summed E-state index contributed by atoms with van der Waals surface area (Å²) in [4.78, 5) is 13.1. The van der Waals surface area contributed by atoms with Crippen molar-refractivity contribution in [1.29, 1.82) is 0 Å². The number of rotatable bonds is 2. The van der Waals surface area contributed by atoms with Gasteiger partial charge in [-0.3, -0.25) is 0 Å². The van der Waals surface area contributed by atoms with E-state index < -0.39 is 0 Å². The summed E-state index contributed by atoms with van der Waals surface area (Å²) in [5, 5.41) is 7.17. The molecule has 0 fully saturated rings. The van der Waals surface area contributed by atoms with Crippen molar-refractivity contribution in [3.05, 3.63) is 144 Å². The lowest BCUT2D eigenvalue weighted by Gasteiger charge is -2.13. The Labute approximate surface area is 233 Å². The van der Waals surface area contributed by atoms with Crippen molar-refractivity contribution < 1.29 is 4.42 Å². The van der Waals surface area contributed by atoms with E-state index in [1.165, 1.54) is 21.8 Å². The van der Waals surface area contributed by atoms with E-state index in [2.05, 4.69) is 112 Å². The highest BCUT2D eigenvalue weighted by molar-refractivity contribution is 6.24. The number of benzene rings is 6. The van der Waals surface area contributed by atoms with Crippen molar-refractivity contribution in [2.75, 3.05) is 0 Å². The Morgan fingerprint density at radius 1 is 0.415 bits per heavy atom. The second-order valence-corrected chi connectivity index (χ2v) is 10.5. The van der Waals surface area contributed by atoms with Crippen LogP contribution in [0.2, 0.25) is 0 Å². The highest BCUT2D eigenvalue weighted by Crippen LogP contribution is 2.39. The Balaban J connectivity index is 1.37. The fraction of sp³-hybridized carbons (Fsp3) is 0. The molecule has 4 nitrogen and oxygen atoms in total. The molecule has 0 unspecified atom stereocenters. The van der Waals surface area contributed by atoms with Gasteiger partial charge in [-0.1, -0.05) is 78.9 Å². The maximum atomic E-state index is 13.1. The molecule has 9 rings (SSSR count). The smallest absolute Gasteiger partial charge is 0.344 e. The van der Waals surface area contributed by atoms with Crippen LogP contribution in [0.1, 0.15) is 0 Å². The minimum atomic E-state index is -0.320. The first kappa shape index (κ1) is 22.2. The zero-order valence-corrected chi connectivity index (χ0v) is 21.9. The topological polar surface area (TPSA) is 40.1 Å². The van der Waals surface area contributed by atoms with Gasteiger partial charge in [-0.15, -0.1) is 0 Å². The molecule has 3 heterocycles. The molecule has 0 bridgehead atoms. The summed E-state index contributed by atoms with van der Waals surface area (Å²) in [6, 6.07) is 46.0. The normalized spacial score (nSPS) is 12.0.